The van der Waals surface area contributed by atoms with Gasteiger partial charge in [-0.3, -0.25) is 0 Å². The van der Waals surface area contributed by atoms with E-state index in [1.54, 1.807) is 21.3 Å². The molecule has 0 amide bonds. The van der Waals surface area contributed by atoms with Gasteiger partial charge in [-0.1, -0.05) is 20.8 Å². The summed E-state index contributed by atoms with van der Waals surface area (Å²) in [4.78, 5) is 0. The first-order valence-electron chi connectivity index (χ1n) is 7.53. The van der Waals surface area contributed by atoms with E-state index < -0.39 is 6.29 Å². The Morgan fingerprint density at radius 1 is 1.05 bits per heavy atom. The molecule has 5 atom stereocenters. The first-order valence-corrected chi connectivity index (χ1v) is 7.53. The van der Waals surface area contributed by atoms with Gasteiger partial charge in [-0.05, 0) is 19.4 Å². The summed E-state index contributed by atoms with van der Waals surface area (Å²) in [6, 6.07) is 0.333. The largest absolute Gasteiger partial charge is 0.412 e. The lowest BCUT2D eigenvalue weighted by atomic mass is 9.99. The molecule has 1 aliphatic heterocycles. The Labute approximate surface area is 136 Å². The van der Waals surface area contributed by atoms with Gasteiger partial charge in [-0.15, -0.1) is 0 Å². The first kappa shape index (κ1) is 24.0. The summed E-state index contributed by atoms with van der Waals surface area (Å²) in [6.45, 7) is 8.59. The summed E-state index contributed by atoms with van der Waals surface area (Å²) >= 11 is 0. The lowest BCUT2D eigenvalue weighted by Crippen LogP contribution is -2.59. The fraction of sp³-hybridized carbons (Fsp3) is 1.00. The van der Waals surface area contributed by atoms with Crippen molar-refractivity contribution in [2.45, 2.75) is 70.9 Å². The van der Waals surface area contributed by atoms with Crippen molar-refractivity contribution >= 4 is 0 Å². The molecule has 0 aromatic heterocycles. The molecule has 7 nitrogen and oxygen atoms in total. The lowest BCUT2D eigenvalue weighted by molar-refractivity contribution is -0.302. The van der Waals surface area contributed by atoms with Crippen LogP contribution in [0, 0.1) is 0 Å². The first-order chi connectivity index (χ1) is 9.92. The predicted octanol–water partition coefficient (Wildman–Crippen LogP) is 0.978. The summed E-state index contributed by atoms with van der Waals surface area (Å²) in [5.74, 6) is 0. The van der Waals surface area contributed by atoms with Crippen LogP contribution < -0.4 is 5.73 Å². The Morgan fingerprint density at radius 3 is 1.91 bits per heavy atom. The fourth-order valence-corrected chi connectivity index (χ4v) is 2.18. The third kappa shape index (κ3) is 7.82. The normalized spacial score (nSPS) is 31.2. The summed E-state index contributed by atoms with van der Waals surface area (Å²) in [6.07, 6.45) is -0.123. The SMILES string of the molecule is CC(C)N.CCCOC1[C@@H](OC)[C@H](OC)O[C@@H](C)[C@@H]1OC.O.[HH]. The number of methoxy groups -OCH3 is 3. The van der Waals surface area contributed by atoms with Crippen LogP contribution in [0.5, 0.6) is 0 Å². The number of ether oxygens (including phenoxy) is 5. The number of rotatable bonds is 6. The van der Waals surface area contributed by atoms with Crippen LogP contribution in [0.4, 0.5) is 0 Å². The van der Waals surface area contributed by atoms with Gasteiger partial charge < -0.3 is 34.9 Å². The molecule has 0 aliphatic carbocycles. The minimum Gasteiger partial charge on any atom is -0.412 e. The minimum absolute atomic E-state index is 0. The van der Waals surface area contributed by atoms with E-state index in [9.17, 15) is 0 Å². The second kappa shape index (κ2) is 13.2. The van der Waals surface area contributed by atoms with Crippen LogP contribution in [0.3, 0.4) is 0 Å². The number of hydrogen-bond acceptors (Lipinski definition) is 6. The standard InChI is InChI=1S/C12H24O5.C3H9N.H2O.H2/c1-6-7-16-10-9(13-3)8(2)17-12(15-5)11(10)14-4;1-3(2)4;;/h8-12H,6-7H2,1-5H3;3H,4H2,1-2H3;1H2;1H/t8-,9-,10?,11+,12+;;;/m0.../s1. The maximum Gasteiger partial charge on any atom is 0.186 e. The van der Waals surface area contributed by atoms with Crippen LogP contribution in [0.15, 0.2) is 0 Å². The Morgan fingerprint density at radius 2 is 1.55 bits per heavy atom. The van der Waals surface area contributed by atoms with Crippen LogP contribution in [0.25, 0.3) is 0 Å². The Balaban J connectivity index is -0.000000598. The molecule has 1 fully saturated rings. The molecule has 0 spiro atoms. The van der Waals surface area contributed by atoms with E-state index in [1.807, 2.05) is 20.8 Å². The average Bonchev–Trinajstić information content (AvgIpc) is 2.43. The molecule has 22 heavy (non-hydrogen) atoms. The molecule has 0 radical (unpaired) electrons. The highest BCUT2D eigenvalue weighted by atomic mass is 16.7. The van der Waals surface area contributed by atoms with Crippen molar-refractivity contribution in [2.75, 3.05) is 27.9 Å². The molecule has 0 bridgehead atoms. The number of nitrogens with two attached hydrogens (primary N) is 1. The van der Waals surface area contributed by atoms with Gasteiger partial charge in [-0.2, -0.15) is 0 Å². The van der Waals surface area contributed by atoms with E-state index in [-0.39, 0.29) is 31.3 Å². The van der Waals surface area contributed by atoms with Gasteiger partial charge in [0.25, 0.3) is 0 Å². The Hall–Kier alpha value is -0.280. The smallest absolute Gasteiger partial charge is 0.186 e. The van der Waals surface area contributed by atoms with Gasteiger partial charge in [0.1, 0.15) is 18.3 Å². The molecule has 1 aliphatic rings. The highest BCUT2D eigenvalue weighted by Gasteiger charge is 2.45. The fourth-order valence-electron chi connectivity index (χ4n) is 2.18. The van der Waals surface area contributed by atoms with Gasteiger partial charge in [0.05, 0.1) is 6.10 Å². The monoisotopic (exact) mass is 327 g/mol. The van der Waals surface area contributed by atoms with Crippen molar-refractivity contribution in [1.82, 2.24) is 0 Å². The molecule has 0 aromatic carbocycles. The van der Waals surface area contributed by atoms with Crippen LogP contribution >= 0.6 is 0 Å². The van der Waals surface area contributed by atoms with E-state index in [4.69, 9.17) is 29.4 Å². The van der Waals surface area contributed by atoms with Crippen LogP contribution in [0.1, 0.15) is 35.5 Å². The summed E-state index contributed by atoms with van der Waals surface area (Å²) < 4.78 is 27.7. The predicted molar refractivity (Wildman–Crippen MR) is 88.0 cm³/mol. The maximum absolute atomic E-state index is 5.83. The Kier molecular flexibility index (Phi) is 14.4. The molecular weight excluding hydrogens is 290 g/mol. The zero-order valence-corrected chi connectivity index (χ0v) is 15.0. The molecule has 0 aromatic rings. The van der Waals surface area contributed by atoms with E-state index in [1.165, 1.54) is 0 Å². The molecule has 7 heteroatoms. The molecule has 1 saturated heterocycles. The maximum atomic E-state index is 5.83. The van der Waals surface area contributed by atoms with Crippen LogP contribution in [-0.4, -0.2) is 70.2 Å². The molecule has 0 saturated carbocycles. The van der Waals surface area contributed by atoms with Gasteiger partial charge in [0.15, 0.2) is 6.29 Å². The quantitative estimate of drug-likeness (QED) is 0.780. The van der Waals surface area contributed by atoms with Crippen LogP contribution in [-0.2, 0) is 23.7 Å². The van der Waals surface area contributed by atoms with Crippen molar-refractivity contribution in [2.24, 2.45) is 5.73 Å². The second-order valence-corrected chi connectivity index (χ2v) is 5.43. The molecule has 138 valence electrons. The van der Waals surface area contributed by atoms with Crippen molar-refractivity contribution in [3.8, 4) is 0 Å². The third-order valence-electron chi connectivity index (χ3n) is 3.02. The van der Waals surface area contributed by atoms with Gasteiger partial charge >= 0.3 is 0 Å². The van der Waals surface area contributed by atoms with Gasteiger partial charge in [0.2, 0.25) is 0 Å². The van der Waals surface area contributed by atoms with E-state index >= 15 is 0 Å². The van der Waals surface area contributed by atoms with Gasteiger partial charge in [-0.25, -0.2) is 0 Å². The topological polar surface area (TPSA) is 104 Å². The summed E-state index contributed by atoms with van der Waals surface area (Å²) in [5.41, 5.74) is 5.11. The summed E-state index contributed by atoms with van der Waals surface area (Å²) in [5, 5.41) is 0. The minimum atomic E-state index is -0.414. The van der Waals surface area contributed by atoms with Gasteiger partial charge in [0, 0.05) is 29.4 Å². The average molecular weight is 327 g/mol. The molecule has 4 N–H and O–H groups in total. The van der Waals surface area contributed by atoms with E-state index in [0.717, 1.165) is 6.42 Å². The number of hydrogen-bond donors (Lipinski definition) is 1. The lowest BCUT2D eigenvalue weighted by Gasteiger charge is -2.43. The van der Waals surface area contributed by atoms with Crippen molar-refractivity contribution in [3.63, 3.8) is 0 Å². The molecule has 1 unspecified atom stereocenters. The molecule has 1 heterocycles. The second-order valence-electron chi connectivity index (χ2n) is 5.43. The summed E-state index contributed by atoms with van der Waals surface area (Å²) in [7, 11) is 4.89. The van der Waals surface area contributed by atoms with Crippen LogP contribution in [0.2, 0.25) is 0 Å². The molecular formula is C15H37NO6. The third-order valence-corrected chi connectivity index (χ3v) is 3.02. The van der Waals surface area contributed by atoms with E-state index in [2.05, 4.69) is 6.92 Å². The highest BCUT2D eigenvalue weighted by Crippen LogP contribution is 2.27. The van der Waals surface area contributed by atoms with Crippen molar-refractivity contribution in [1.29, 1.82) is 0 Å². The molecule has 1 rings (SSSR count). The highest BCUT2D eigenvalue weighted by molar-refractivity contribution is 4.90. The van der Waals surface area contributed by atoms with Crippen molar-refractivity contribution < 1.29 is 30.6 Å². The Bertz CT molecular complexity index is 257. The van der Waals surface area contributed by atoms with Crippen molar-refractivity contribution in [3.05, 3.63) is 0 Å². The van der Waals surface area contributed by atoms with E-state index in [0.29, 0.717) is 12.6 Å². The zero-order chi connectivity index (χ0) is 16.4. The zero-order valence-electron chi connectivity index (χ0n) is 15.0.